The summed E-state index contributed by atoms with van der Waals surface area (Å²) >= 11 is 0. The van der Waals surface area contributed by atoms with Gasteiger partial charge in [-0.1, -0.05) is 46.5 Å². The monoisotopic (exact) mass is 504 g/mol. The van der Waals surface area contributed by atoms with Crippen molar-refractivity contribution in [3.8, 4) is 0 Å². The maximum absolute atomic E-state index is 12.8. The van der Waals surface area contributed by atoms with Crippen LogP contribution in [0.25, 0.3) is 0 Å². The molecule has 6 nitrogen and oxygen atoms in total. The van der Waals surface area contributed by atoms with Crippen LogP contribution in [0.15, 0.2) is 69.5 Å². The molecule has 0 aliphatic heterocycles. The molecule has 8 heteroatoms. The van der Waals surface area contributed by atoms with E-state index in [-0.39, 0.29) is 46.7 Å². The number of aryl methyl sites for hydroxylation is 2. The lowest BCUT2D eigenvalue weighted by Crippen LogP contribution is -2.31. The van der Waals surface area contributed by atoms with E-state index < -0.39 is 20.2 Å². The number of fused-ring (bicyclic) bond motifs is 2. The normalized spacial score (nSPS) is 24.5. The third-order valence-corrected chi connectivity index (χ3v) is 9.79. The second-order valence-corrected chi connectivity index (χ2v) is 12.9. The van der Waals surface area contributed by atoms with Gasteiger partial charge in [0.05, 0.1) is 23.0 Å². The molecular weight excluding hydrogens is 472 g/mol. The van der Waals surface area contributed by atoms with Crippen LogP contribution in [0, 0.1) is 37.5 Å². The van der Waals surface area contributed by atoms with Crippen molar-refractivity contribution in [2.45, 2.75) is 50.3 Å². The van der Waals surface area contributed by atoms with Crippen molar-refractivity contribution in [3.63, 3.8) is 0 Å². The Morgan fingerprint density at radius 3 is 1.38 bits per heavy atom. The highest BCUT2D eigenvalue weighted by Crippen LogP contribution is 2.57. The summed E-state index contributed by atoms with van der Waals surface area (Å²) in [6, 6.07) is 13.1. The van der Waals surface area contributed by atoms with Crippen LogP contribution < -0.4 is 0 Å². The van der Waals surface area contributed by atoms with Crippen LogP contribution >= 0.6 is 0 Å². The Balaban J connectivity index is 1.53. The second-order valence-electron chi connectivity index (χ2n) is 9.68. The first-order valence-electron chi connectivity index (χ1n) is 11.6. The molecule has 0 spiro atoms. The number of hydrogen-bond acceptors (Lipinski definition) is 6. The summed E-state index contributed by atoms with van der Waals surface area (Å²) in [4.78, 5) is 0.247. The molecule has 0 saturated heterocycles. The molecule has 4 atom stereocenters. The lowest BCUT2D eigenvalue weighted by molar-refractivity contribution is 0.101. The van der Waals surface area contributed by atoms with E-state index in [2.05, 4.69) is 13.8 Å². The van der Waals surface area contributed by atoms with E-state index >= 15 is 0 Å². The first-order valence-corrected chi connectivity index (χ1v) is 14.4. The SMILES string of the molecule is CC(C)=C1[C@H]2CC[C@@H]1[C@@H](COS(=O)(=O)c1ccc(C)cc1)[C@H]2COS(=O)(=O)c1ccc(C)cc1. The van der Waals surface area contributed by atoms with Gasteiger partial charge in [0, 0.05) is 0 Å². The summed E-state index contributed by atoms with van der Waals surface area (Å²) < 4.78 is 62.2. The average Bonchev–Trinajstić information content (AvgIpc) is 3.34. The van der Waals surface area contributed by atoms with Gasteiger partial charge in [0.1, 0.15) is 0 Å². The van der Waals surface area contributed by atoms with E-state index in [1.165, 1.54) is 11.1 Å². The Morgan fingerprint density at radius 1 is 0.706 bits per heavy atom. The molecule has 0 radical (unpaired) electrons. The minimum Gasteiger partial charge on any atom is -0.266 e. The smallest absolute Gasteiger partial charge is 0.266 e. The van der Waals surface area contributed by atoms with Crippen LogP contribution in [0.3, 0.4) is 0 Å². The molecular formula is C26H32O6S2. The second kappa shape index (κ2) is 9.57. The lowest BCUT2D eigenvalue weighted by atomic mass is 9.80. The summed E-state index contributed by atoms with van der Waals surface area (Å²) in [5.74, 6) is 0.104. The van der Waals surface area contributed by atoms with Crippen molar-refractivity contribution in [1.82, 2.24) is 0 Å². The van der Waals surface area contributed by atoms with Gasteiger partial charge < -0.3 is 0 Å². The minimum atomic E-state index is -3.91. The summed E-state index contributed by atoms with van der Waals surface area (Å²) in [5, 5.41) is 0. The fraction of sp³-hybridized carbons (Fsp3) is 0.462. The third-order valence-electron chi connectivity index (χ3n) is 7.20. The lowest BCUT2D eigenvalue weighted by Gasteiger charge is -2.29. The molecule has 2 aliphatic carbocycles. The van der Waals surface area contributed by atoms with Crippen LogP contribution in [-0.4, -0.2) is 30.0 Å². The van der Waals surface area contributed by atoms with Crippen molar-refractivity contribution in [2.75, 3.05) is 13.2 Å². The molecule has 2 saturated carbocycles. The molecule has 0 unspecified atom stereocenters. The number of rotatable bonds is 8. The van der Waals surface area contributed by atoms with Crippen molar-refractivity contribution < 1.29 is 25.2 Å². The predicted octanol–water partition coefficient (Wildman–Crippen LogP) is 5.02. The molecule has 2 fully saturated rings. The Morgan fingerprint density at radius 2 is 1.06 bits per heavy atom. The fourth-order valence-corrected chi connectivity index (χ4v) is 7.42. The highest BCUT2D eigenvalue weighted by Gasteiger charge is 2.52. The number of benzene rings is 2. The predicted molar refractivity (Wildman–Crippen MR) is 130 cm³/mol. The summed E-state index contributed by atoms with van der Waals surface area (Å²) in [6.45, 7) is 7.92. The van der Waals surface area contributed by atoms with Crippen LogP contribution in [0.1, 0.15) is 37.8 Å². The van der Waals surface area contributed by atoms with Crippen molar-refractivity contribution >= 4 is 20.2 Å². The van der Waals surface area contributed by atoms with Gasteiger partial charge in [-0.25, -0.2) is 0 Å². The number of allylic oxidation sites excluding steroid dienone is 2. The third kappa shape index (κ3) is 5.00. The van der Waals surface area contributed by atoms with E-state index in [9.17, 15) is 16.8 Å². The van der Waals surface area contributed by atoms with Gasteiger partial charge in [-0.15, -0.1) is 0 Å². The first-order chi connectivity index (χ1) is 16.0. The van der Waals surface area contributed by atoms with E-state index in [0.717, 1.165) is 24.0 Å². The van der Waals surface area contributed by atoms with Gasteiger partial charge in [-0.2, -0.15) is 16.8 Å². The highest BCUT2D eigenvalue weighted by atomic mass is 32.2. The van der Waals surface area contributed by atoms with Crippen molar-refractivity contribution in [1.29, 1.82) is 0 Å². The fourth-order valence-electron chi connectivity index (χ4n) is 5.53. The van der Waals surface area contributed by atoms with Crippen LogP contribution in [0.4, 0.5) is 0 Å². The van der Waals surface area contributed by atoms with E-state index in [4.69, 9.17) is 8.37 Å². The summed E-state index contributed by atoms with van der Waals surface area (Å²) in [7, 11) is -7.82. The van der Waals surface area contributed by atoms with Gasteiger partial charge in [0.2, 0.25) is 0 Å². The van der Waals surface area contributed by atoms with Crippen LogP contribution in [0.2, 0.25) is 0 Å². The molecule has 0 heterocycles. The highest BCUT2D eigenvalue weighted by molar-refractivity contribution is 7.87. The molecule has 184 valence electrons. The molecule has 4 rings (SSSR count). The Labute approximate surface area is 203 Å². The maximum Gasteiger partial charge on any atom is 0.296 e. The van der Waals surface area contributed by atoms with Gasteiger partial charge in [-0.3, -0.25) is 8.37 Å². The largest absolute Gasteiger partial charge is 0.296 e. The zero-order chi connectivity index (χ0) is 24.7. The molecule has 0 amide bonds. The Hall–Kier alpha value is -2.00. The quantitative estimate of drug-likeness (QED) is 0.370. The zero-order valence-electron chi connectivity index (χ0n) is 20.0. The van der Waals surface area contributed by atoms with Crippen molar-refractivity contribution in [3.05, 3.63) is 70.8 Å². The minimum absolute atomic E-state index is 0.00671. The van der Waals surface area contributed by atoms with Gasteiger partial charge >= 0.3 is 0 Å². The van der Waals surface area contributed by atoms with Gasteiger partial charge in [-0.05, 0) is 88.5 Å². The molecule has 2 aromatic rings. The number of hydrogen-bond donors (Lipinski definition) is 0. The van der Waals surface area contributed by atoms with Crippen molar-refractivity contribution in [2.24, 2.45) is 23.7 Å². The van der Waals surface area contributed by atoms with Gasteiger partial charge in [0.25, 0.3) is 20.2 Å². The zero-order valence-corrected chi connectivity index (χ0v) is 21.7. The maximum atomic E-state index is 12.8. The summed E-state index contributed by atoms with van der Waals surface area (Å²) in [6.07, 6.45) is 1.90. The molecule has 2 aromatic carbocycles. The standard InChI is InChI=1S/C26H32O6S2/c1-17(2)26-22-13-14-23(26)25(16-32-34(29,30)21-11-7-19(4)8-12-21)24(22)15-31-33(27,28)20-9-5-18(3)6-10-20/h5-12,22-25H,13-16H2,1-4H3/t22-,23+,24-,25+. The van der Waals surface area contributed by atoms with E-state index in [1.54, 1.807) is 48.5 Å². The molecule has 34 heavy (non-hydrogen) atoms. The van der Waals surface area contributed by atoms with Gasteiger partial charge in [0.15, 0.2) is 0 Å². The molecule has 2 aliphatic rings. The average molecular weight is 505 g/mol. The Bertz CT molecular complexity index is 1180. The first kappa shape index (κ1) is 25.1. The van der Waals surface area contributed by atoms with Crippen LogP contribution in [0.5, 0.6) is 0 Å². The topological polar surface area (TPSA) is 86.7 Å². The summed E-state index contributed by atoms with van der Waals surface area (Å²) in [5.41, 5.74) is 4.45. The molecule has 2 bridgehead atoms. The Kier molecular flexibility index (Phi) is 7.06. The van der Waals surface area contributed by atoms with E-state index in [0.29, 0.717) is 0 Å². The molecule has 0 aromatic heterocycles. The van der Waals surface area contributed by atoms with E-state index in [1.807, 2.05) is 13.8 Å². The molecule has 0 N–H and O–H groups in total. The van der Waals surface area contributed by atoms with Crippen LogP contribution in [-0.2, 0) is 28.6 Å².